The van der Waals surface area contributed by atoms with Crippen LogP contribution >= 0.6 is 11.6 Å². The van der Waals surface area contributed by atoms with E-state index in [4.69, 9.17) is 11.6 Å². The molecule has 0 atom stereocenters. The molecule has 0 spiro atoms. The number of aryl methyl sites for hydroxylation is 2. The van der Waals surface area contributed by atoms with E-state index >= 15 is 0 Å². The van der Waals surface area contributed by atoms with Crippen LogP contribution in [-0.4, -0.2) is 20.4 Å². The van der Waals surface area contributed by atoms with Gasteiger partial charge in [0.25, 0.3) is 0 Å². The number of hydrogen-bond acceptors (Lipinski definition) is 2. The Morgan fingerprint density at radius 2 is 2.33 bits per heavy atom. The average Bonchev–Trinajstić information content (AvgIpc) is 2.63. The Morgan fingerprint density at radius 3 is 3.07 bits per heavy atom. The molecule has 2 aromatic heterocycles. The smallest absolute Gasteiger partial charge is 0.159 e. The third kappa shape index (κ3) is 1.97. The van der Waals surface area contributed by atoms with Gasteiger partial charge in [0.2, 0.25) is 0 Å². The summed E-state index contributed by atoms with van der Waals surface area (Å²) in [6, 6.07) is 3.92. The van der Waals surface area contributed by atoms with Gasteiger partial charge in [-0.3, -0.25) is 0 Å². The van der Waals surface area contributed by atoms with Crippen LogP contribution in [0.1, 0.15) is 19.2 Å². The van der Waals surface area contributed by atoms with Gasteiger partial charge in [-0.25, -0.2) is 9.97 Å². The highest BCUT2D eigenvalue weighted by Gasteiger charge is 2.08. The lowest BCUT2D eigenvalue weighted by atomic mass is 10.3. The van der Waals surface area contributed by atoms with Crippen LogP contribution in [0.3, 0.4) is 0 Å². The lowest BCUT2D eigenvalue weighted by Crippen LogP contribution is -2.02. The summed E-state index contributed by atoms with van der Waals surface area (Å²) in [7, 11) is 0. The number of fused-ring (bicyclic) bond motifs is 1. The minimum absolute atomic E-state index is 0.681. The van der Waals surface area contributed by atoms with Gasteiger partial charge in [0.1, 0.15) is 11.3 Å². The zero-order valence-corrected chi connectivity index (χ0v) is 9.54. The molecule has 80 valence electrons. The van der Waals surface area contributed by atoms with Crippen LogP contribution in [0.5, 0.6) is 0 Å². The number of alkyl halides is 1. The number of nitrogens with zero attached hydrogens (tertiary/aromatic N) is 3. The number of pyridine rings is 1. The molecule has 0 bridgehead atoms. The fraction of sp³-hybridized carbons (Fsp3) is 0.455. The Labute approximate surface area is 94.1 Å². The van der Waals surface area contributed by atoms with Gasteiger partial charge in [0.05, 0.1) is 0 Å². The van der Waals surface area contributed by atoms with Gasteiger partial charge in [-0.1, -0.05) is 0 Å². The molecule has 0 aliphatic carbocycles. The molecule has 2 heterocycles. The van der Waals surface area contributed by atoms with E-state index in [1.165, 1.54) is 0 Å². The predicted molar refractivity (Wildman–Crippen MR) is 62.2 cm³/mol. The Hall–Kier alpha value is -1.09. The van der Waals surface area contributed by atoms with E-state index in [-0.39, 0.29) is 0 Å². The molecule has 0 unspecified atom stereocenters. The molecule has 15 heavy (non-hydrogen) atoms. The molecule has 3 nitrogen and oxygen atoms in total. The first-order valence-electron chi connectivity index (χ1n) is 5.23. The summed E-state index contributed by atoms with van der Waals surface area (Å²) in [4.78, 5) is 8.91. The van der Waals surface area contributed by atoms with E-state index in [1.807, 2.05) is 18.3 Å². The summed E-state index contributed by atoms with van der Waals surface area (Å²) in [6.07, 6.45) is 3.69. The molecule has 0 radical (unpaired) electrons. The molecule has 0 N–H and O–H groups in total. The predicted octanol–water partition coefficient (Wildman–Crippen LogP) is 2.62. The van der Waals surface area contributed by atoms with Crippen LogP contribution < -0.4 is 0 Å². The Bertz CT molecular complexity index is 450. The molecule has 2 rings (SSSR count). The molecule has 0 aliphatic rings. The molecular weight excluding hydrogens is 210 g/mol. The van der Waals surface area contributed by atoms with Gasteiger partial charge >= 0.3 is 0 Å². The SMILES string of the molecule is CCn1c(CCCCl)nc2cccnc21. The first kappa shape index (κ1) is 10.4. The van der Waals surface area contributed by atoms with Crippen LogP contribution in [-0.2, 0) is 13.0 Å². The summed E-state index contributed by atoms with van der Waals surface area (Å²) in [5.41, 5.74) is 1.95. The summed E-state index contributed by atoms with van der Waals surface area (Å²) >= 11 is 5.69. The second kappa shape index (κ2) is 4.62. The van der Waals surface area contributed by atoms with Gasteiger partial charge in [0, 0.05) is 25.0 Å². The summed E-state index contributed by atoms with van der Waals surface area (Å²) in [6.45, 7) is 3.02. The lowest BCUT2D eigenvalue weighted by molar-refractivity contribution is 0.697. The summed E-state index contributed by atoms with van der Waals surface area (Å²) in [5, 5.41) is 0. The zero-order chi connectivity index (χ0) is 10.7. The van der Waals surface area contributed by atoms with Gasteiger partial charge in [0.15, 0.2) is 5.65 Å². The highest BCUT2D eigenvalue weighted by molar-refractivity contribution is 6.17. The van der Waals surface area contributed by atoms with Crippen molar-refractivity contribution in [3.63, 3.8) is 0 Å². The molecule has 0 aromatic carbocycles. The third-order valence-corrected chi connectivity index (χ3v) is 2.70. The van der Waals surface area contributed by atoms with Crippen molar-refractivity contribution in [2.75, 3.05) is 5.88 Å². The third-order valence-electron chi connectivity index (χ3n) is 2.43. The topological polar surface area (TPSA) is 30.7 Å². The van der Waals surface area contributed by atoms with Gasteiger partial charge in [-0.2, -0.15) is 0 Å². The number of halogens is 1. The van der Waals surface area contributed by atoms with Crippen molar-refractivity contribution in [1.82, 2.24) is 14.5 Å². The van der Waals surface area contributed by atoms with E-state index in [0.717, 1.165) is 36.4 Å². The van der Waals surface area contributed by atoms with Crippen molar-refractivity contribution in [2.45, 2.75) is 26.3 Å². The van der Waals surface area contributed by atoms with E-state index in [0.29, 0.717) is 5.88 Å². The lowest BCUT2D eigenvalue weighted by Gasteiger charge is -2.03. The van der Waals surface area contributed by atoms with Crippen LogP contribution in [0.4, 0.5) is 0 Å². The van der Waals surface area contributed by atoms with Crippen molar-refractivity contribution in [3.05, 3.63) is 24.2 Å². The van der Waals surface area contributed by atoms with Crippen LogP contribution in [0.15, 0.2) is 18.3 Å². The number of aromatic nitrogens is 3. The van der Waals surface area contributed by atoms with Crippen LogP contribution in [0, 0.1) is 0 Å². The summed E-state index contributed by atoms with van der Waals surface area (Å²) in [5.74, 6) is 1.77. The fourth-order valence-electron chi connectivity index (χ4n) is 1.75. The van der Waals surface area contributed by atoms with E-state index in [2.05, 4.69) is 21.5 Å². The molecule has 2 aromatic rings. The van der Waals surface area contributed by atoms with Crippen molar-refractivity contribution >= 4 is 22.8 Å². The standard InChI is InChI=1S/C11H14ClN3/c1-2-15-10(6-3-7-12)14-9-5-4-8-13-11(9)15/h4-5,8H,2-3,6-7H2,1H3. The largest absolute Gasteiger partial charge is 0.313 e. The number of imidazole rings is 1. The Balaban J connectivity index is 2.44. The van der Waals surface area contributed by atoms with Gasteiger partial charge in [-0.05, 0) is 25.5 Å². The quantitative estimate of drug-likeness (QED) is 0.746. The van der Waals surface area contributed by atoms with E-state index < -0.39 is 0 Å². The molecule has 0 saturated heterocycles. The number of rotatable bonds is 4. The maximum atomic E-state index is 5.69. The molecule has 0 saturated carbocycles. The van der Waals surface area contributed by atoms with Crippen molar-refractivity contribution in [2.24, 2.45) is 0 Å². The van der Waals surface area contributed by atoms with Crippen molar-refractivity contribution in [3.8, 4) is 0 Å². The maximum absolute atomic E-state index is 5.69. The second-order valence-corrected chi connectivity index (χ2v) is 3.79. The zero-order valence-electron chi connectivity index (χ0n) is 8.78. The highest BCUT2D eigenvalue weighted by atomic mass is 35.5. The normalized spacial score (nSPS) is 11.1. The Kier molecular flexibility index (Phi) is 3.21. The van der Waals surface area contributed by atoms with Gasteiger partial charge in [-0.15, -0.1) is 11.6 Å². The second-order valence-electron chi connectivity index (χ2n) is 3.41. The van der Waals surface area contributed by atoms with Crippen LogP contribution in [0.25, 0.3) is 11.2 Å². The minimum Gasteiger partial charge on any atom is -0.313 e. The van der Waals surface area contributed by atoms with Crippen molar-refractivity contribution in [1.29, 1.82) is 0 Å². The van der Waals surface area contributed by atoms with Crippen molar-refractivity contribution < 1.29 is 0 Å². The van der Waals surface area contributed by atoms with E-state index in [1.54, 1.807) is 0 Å². The molecule has 0 fully saturated rings. The van der Waals surface area contributed by atoms with Gasteiger partial charge < -0.3 is 4.57 Å². The average molecular weight is 224 g/mol. The van der Waals surface area contributed by atoms with Crippen LogP contribution in [0.2, 0.25) is 0 Å². The Morgan fingerprint density at radius 1 is 1.47 bits per heavy atom. The monoisotopic (exact) mass is 223 g/mol. The number of hydrogen-bond donors (Lipinski definition) is 0. The molecule has 0 aliphatic heterocycles. The first-order chi connectivity index (χ1) is 7.36. The highest BCUT2D eigenvalue weighted by Crippen LogP contribution is 2.14. The fourth-order valence-corrected chi connectivity index (χ4v) is 1.89. The molecule has 4 heteroatoms. The van der Waals surface area contributed by atoms with E-state index in [9.17, 15) is 0 Å². The maximum Gasteiger partial charge on any atom is 0.159 e. The minimum atomic E-state index is 0.681. The summed E-state index contributed by atoms with van der Waals surface area (Å²) < 4.78 is 2.15. The molecule has 0 amide bonds. The first-order valence-corrected chi connectivity index (χ1v) is 5.76. The molecular formula is C11H14ClN3.